The minimum Gasteiger partial charge on any atom is -0.327 e. The van der Waals surface area contributed by atoms with Crippen molar-refractivity contribution in [2.24, 2.45) is 0 Å². The summed E-state index contributed by atoms with van der Waals surface area (Å²) >= 11 is 0. The van der Waals surface area contributed by atoms with Crippen LogP contribution in [0.3, 0.4) is 0 Å². The number of hydrogen-bond donors (Lipinski definition) is 0. The maximum absolute atomic E-state index is 10.4. The van der Waals surface area contributed by atoms with E-state index in [0.29, 0.717) is 0 Å². The second kappa shape index (κ2) is 3.79. The molecule has 0 aliphatic heterocycles. The molecule has 0 N–H and O–H groups in total. The Balaban J connectivity index is 0. The van der Waals surface area contributed by atoms with E-state index in [2.05, 4.69) is 0 Å². The molecule has 64 valence electrons. The molecular formula is C2H3F7Si. The zero-order valence-electron chi connectivity index (χ0n) is 4.65. The Morgan fingerprint density at radius 1 is 0.600 bits per heavy atom. The van der Waals surface area contributed by atoms with E-state index in [1.165, 1.54) is 0 Å². The van der Waals surface area contributed by atoms with Gasteiger partial charge >= 0.3 is 12.4 Å². The van der Waals surface area contributed by atoms with Gasteiger partial charge in [-0.1, -0.05) is 0 Å². The van der Waals surface area contributed by atoms with Crippen molar-refractivity contribution in [1.29, 1.82) is 0 Å². The maximum Gasteiger partial charge on any atom is 0.487 e. The van der Waals surface area contributed by atoms with Crippen molar-refractivity contribution in [2.75, 3.05) is 0 Å². The Labute approximate surface area is 54.6 Å². The molecule has 10 heavy (non-hydrogen) atoms. The molecule has 0 aliphatic carbocycles. The molecule has 8 heteroatoms. The lowest BCUT2D eigenvalue weighted by Gasteiger charge is -2.08. The first-order valence-electron chi connectivity index (χ1n) is 1.76. The second-order valence-electron chi connectivity index (χ2n) is 0.996. The van der Waals surface area contributed by atoms with Crippen molar-refractivity contribution in [3.63, 3.8) is 0 Å². The normalized spacial score (nSPS) is 12.3. The molecule has 0 amide bonds. The number of rotatable bonds is 0. The molecule has 0 aromatic heterocycles. The van der Waals surface area contributed by atoms with Crippen molar-refractivity contribution in [2.45, 2.75) is 12.4 Å². The lowest BCUT2D eigenvalue weighted by Crippen LogP contribution is -2.30. The van der Waals surface area contributed by atoms with Crippen LogP contribution in [0.2, 0.25) is 0 Å². The number of alkyl halides is 6. The third kappa shape index (κ3) is 4.59. The van der Waals surface area contributed by atoms with Crippen molar-refractivity contribution in [1.82, 2.24) is 0 Å². The molecule has 0 radical (unpaired) electrons. The molecule has 0 saturated heterocycles. The van der Waals surface area contributed by atoms with Gasteiger partial charge in [0, 0.05) is 0 Å². The fraction of sp³-hybridized carbons (Fsp3) is 1.00. The molecule has 0 fully saturated rings. The van der Waals surface area contributed by atoms with E-state index in [1.54, 1.807) is 0 Å². The van der Waals surface area contributed by atoms with Crippen LogP contribution in [-0.4, -0.2) is 22.9 Å². The number of hydrogen-bond acceptors (Lipinski definition) is 0. The highest BCUT2D eigenvalue weighted by Crippen LogP contribution is 2.35. The van der Waals surface area contributed by atoms with E-state index in [4.69, 9.17) is 0 Å². The lowest BCUT2D eigenvalue weighted by atomic mass is 10.7. The van der Waals surface area contributed by atoms with E-state index in [9.17, 15) is 30.5 Å². The summed E-state index contributed by atoms with van der Waals surface area (Å²) in [5.74, 6) is 0. The van der Waals surface area contributed by atoms with Crippen LogP contribution < -0.4 is 0 Å². The minimum atomic E-state index is -6.06. The van der Waals surface area contributed by atoms with Crippen LogP contribution in [0, 0.1) is 0 Å². The molecular weight excluding hydrogens is 185 g/mol. The van der Waals surface area contributed by atoms with Gasteiger partial charge in [-0.2, -0.15) is 26.3 Å². The monoisotopic (exact) mass is 188 g/mol. The lowest BCUT2D eigenvalue weighted by molar-refractivity contribution is -0.339. The maximum atomic E-state index is 10.4. The first-order valence-corrected chi connectivity index (χ1v) is 2.52. The Kier molecular flexibility index (Phi) is 4.70. The van der Waals surface area contributed by atoms with Gasteiger partial charge in [0.05, 0.1) is 0 Å². The van der Waals surface area contributed by atoms with Crippen LogP contribution in [0.5, 0.6) is 0 Å². The van der Waals surface area contributed by atoms with Crippen LogP contribution in [0.25, 0.3) is 0 Å². The smallest absolute Gasteiger partial charge is 0.327 e. The van der Waals surface area contributed by atoms with E-state index < -0.39 is 12.4 Å². The van der Waals surface area contributed by atoms with Gasteiger partial charge in [-0.25, -0.2) is 0 Å². The number of halogens is 7. The van der Waals surface area contributed by atoms with Crippen LogP contribution in [-0.2, 0) is 0 Å². The summed E-state index contributed by atoms with van der Waals surface area (Å²) in [6.07, 6.45) is -12.1. The van der Waals surface area contributed by atoms with Gasteiger partial charge in [-0.15, -0.1) is 0 Å². The summed E-state index contributed by atoms with van der Waals surface area (Å²) in [5.41, 5.74) is 0. The molecule has 0 atom stereocenters. The molecule has 0 aromatic rings. The van der Waals surface area contributed by atoms with Gasteiger partial charge in [0.2, 0.25) is 10.6 Å². The van der Waals surface area contributed by atoms with Crippen molar-refractivity contribution in [3.8, 4) is 0 Å². The van der Waals surface area contributed by atoms with E-state index in [0.717, 1.165) is 0 Å². The zero-order valence-corrected chi connectivity index (χ0v) is 6.65. The van der Waals surface area contributed by atoms with Crippen molar-refractivity contribution in [3.05, 3.63) is 0 Å². The highest BCUT2D eigenvalue weighted by molar-refractivity contribution is 5.96. The predicted octanol–water partition coefficient (Wildman–Crippen LogP) is 1.35. The highest BCUT2D eigenvalue weighted by Gasteiger charge is 2.58. The average Bonchev–Trinajstić information content (AvgIpc) is 1.66. The van der Waals surface area contributed by atoms with Gasteiger partial charge in [-0.3, -0.25) is 0 Å². The fourth-order valence-corrected chi connectivity index (χ4v) is 0. The van der Waals surface area contributed by atoms with Crippen molar-refractivity contribution >= 4 is 10.6 Å². The van der Waals surface area contributed by atoms with Crippen LogP contribution in [0.4, 0.5) is 30.5 Å². The van der Waals surface area contributed by atoms with Crippen LogP contribution >= 0.6 is 0 Å². The molecule has 0 heterocycles. The summed E-state index contributed by atoms with van der Waals surface area (Å²) in [6.45, 7) is 0. The molecule has 0 unspecified atom stereocenters. The molecule has 0 aromatic carbocycles. The van der Waals surface area contributed by atoms with Crippen LogP contribution in [0.15, 0.2) is 0 Å². The van der Waals surface area contributed by atoms with Gasteiger partial charge in [0.15, 0.2) is 0 Å². The SMILES string of the molecule is FC(F)(F)C(F)(F)F.F[SiH3]. The van der Waals surface area contributed by atoms with Crippen LogP contribution in [0.1, 0.15) is 0 Å². The summed E-state index contributed by atoms with van der Waals surface area (Å²) in [6, 6.07) is 0. The molecule has 0 rings (SSSR count). The first kappa shape index (κ1) is 12.4. The molecule has 0 aliphatic rings. The molecule has 0 spiro atoms. The second-order valence-corrected chi connectivity index (χ2v) is 0.996. The Morgan fingerprint density at radius 2 is 0.700 bits per heavy atom. The van der Waals surface area contributed by atoms with E-state index in [1.807, 2.05) is 0 Å². The topological polar surface area (TPSA) is 0 Å². The van der Waals surface area contributed by atoms with E-state index >= 15 is 0 Å². The molecule has 0 nitrogen and oxygen atoms in total. The first-order chi connectivity index (χ1) is 4.25. The van der Waals surface area contributed by atoms with Crippen molar-refractivity contribution < 1.29 is 30.5 Å². The standard InChI is InChI=1S/C2F6.FH3Si/c3-1(4,5)2(6,7)8;1-2/h;2H3. The Morgan fingerprint density at radius 3 is 0.700 bits per heavy atom. The van der Waals surface area contributed by atoms with Gasteiger partial charge in [0.25, 0.3) is 0 Å². The minimum absolute atomic E-state index is 0.194. The van der Waals surface area contributed by atoms with Gasteiger partial charge in [-0.05, 0) is 0 Å². The summed E-state index contributed by atoms with van der Waals surface area (Å²) in [5, 5.41) is 0. The Bertz CT molecular complexity index is 66.6. The summed E-state index contributed by atoms with van der Waals surface area (Å²) in [7, 11) is -0.194. The summed E-state index contributed by atoms with van der Waals surface area (Å²) in [4.78, 5) is 0. The Hall–Kier alpha value is -0.273. The quantitative estimate of drug-likeness (QED) is 0.306. The predicted molar refractivity (Wildman–Crippen MR) is 23.2 cm³/mol. The fourth-order valence-electron chi connectivity index (χ4n) is 0. The third-order valence-corrected chi connectivity index (χ3v) is 0.321. The average molecular weight is 188 g/mol. The van der Waals surface area contributed by atoms with Gasteiger partial charge in [0.1, 0.15) is 0 Å². The third-order valence-electron chi connectivity index (χ3n) is 0.321. The summed E-state index contributed by atoms with van der Waals surface area (Å²) < 4.78 is 72.3. The molecule has 0 bridgehead atoms. The highest BCUT2D eigenvalue weighted by atomic mass is 28.2. The van der Waals surface area contributed by atoms with Gasteiger partial charge < -0.3 is 4.11 Å². The largest absolute Gasteiger partial charge is 0.487 e. The van der Waals surface area contributed by atoms with E-state index in [-0.39, 0.29) is 10.6 Å². The molecule has 0 saturated carbocycles. The zero-order chi connectivity index (χ0) is 9.00.